The highest BCUT2D eigenvalue weighted by Gasteiger charge is 2.38. The maximum Gasteiger partial charge on any atom is 0.308 e. The van der Waals surface area contributed by atoms with E-state index in [0.29, 0.717) is 12.1 Å². The van der Waals surface area contributed by atoms with Gasteiger partial charge < -0.3 is 19.7 Å². The van der Waals surface area contributed by atoms with Crippen LogP contribution in [0.5, 0.6) is 0 Å². The molecule has 2 saturated heterocycles. The SMILES string of the molecule is COC(=O)C1CC(OC2=CCC/C=C/C(N3C4CCC3CNC4)=C2)C1. The second-order valence-electron chi connectivity index (χ2n) is 7.54. The molecule has 0 aromatic rings. The van der Waals surface area contributed by atoms with Crippen molar-refractivity contribution in [1.82, 2.24) is 10.2 Å². The minimum Gasteiger partial charge on any atom is -0.491 e. The van der Waals surface area contributed by atoms with Crippen molar-refractivity contribution in [1.29, 1.82) is 0 Å². The number of esters is 1. The van der Waals surface area contributed by atoms with Gasteiger partial charge in [0.05, 0.1) is 13.0 Å². The molecule has 2 aliphatic carbocycles. The van der Waals surface area contributed by atoms with Crippen LogP contribution < -0.4 is 5.32 Å². The van der Waals surface area contributed by atoms with Gasteiger partial charge >= 0.3 is 5.97 Å². The van der Waals surface area contributed by atoms with Gasteiger partial charge in [0, 0.05) is 36.9 Å². The highest BCUT2D eigenvalue weighted by atomic mass is 16.5. The minimum atomic E-state index is -0.108. The Bertz CT molecular complexity index is 588. The van der Waals surface area contributed by atoms with Crippen LogP contribution in [0.4, 0.5) is 0 Å². The van der Waals surface area contributed by atoms with E-state index < -0.39 is 0 Å². The van der Waals surface area contributed by atoms with E-state index in [1.807, 2.05) is 0 Å². The van der Waals surface area contributed by atoms with E-state index in [2.05, 4.69) is 34.5 Å². The van der Waals surface area contributed by atoms with E-state index in [9.17, 15) is 4.79 Å². The molecule has 0 aromatic heterocycles. The Morgan fingerprint density at radius 1 is 1.20 bits per heavy atom. The summed E-state index contributed by atoms with van der Waals surface area (Å²) in [6.07, 6.45) is 15.2. The second kappa shape index (κ2) is 7.24. The number of hydrogen-bond acceptors (Lipinski definition) is 5. The zero-order valence-electron chi connectivity index (χ0n) is 14.9. The van der Waals surface area contributed by atoms with Crippen LogP contribution in [-0.2, 0) is 14.3 Å². The van der Waals surface area contributed by atoms with Gasteiger partial charge in [-0.1, -0.05) is 6.08 Å². The van der Waals surface area contributed by atoms with Gasteiger partial charge in [0.1, 0.15) is 11.9 Å². The fraction of sp³-hybridized carbons (Fsp3) is 0.650. The first-order valence-corrected chi connectivity index (χ1v) is 9.56. The molecule has 5 heteroatoms. The largest absolute Gasteiger partial charge is 0.491 e. The third-order valence-electron chi connectivity index (χ3n) is 5.87. The molecule has 0 aromatic carbocycles. The summed E-state index contributed by atoms with van der Waals surface area (Å²) in [7, 11) is 1.46. The first-order valence-electron chi connectivity index (χ1n) is 9.56. The van der Waals surface area contributed by atoms with Crippen LogP contribution >= 0.6 is 0 Å². The maximum absolute atomic E-state index is 11.5. The number of fused-ring (bicyclic) bond motifs is 2. The number of carbonyl (C=O) groups excluding carboxylic acids is 1. The van der Waals surface area contributed by atoms with Crippen LogP contribution in [0.1, 0.15) is 38.5 Å². The standard InChI is InChI=1S/C20H28N2O3/c1-24-20(23)14-9-19(10-14)25-18-6-4-2-3-5-15(11-18)22-16-7-8-17(22)13-21-12-16/h3,5-6,11,14,16-17,19,21H,2,4,7-10,12-13H2,1H3/b5-3+,15-11?,18-6?. The normalized spacial score (nSPS) is 35.6. The molecular formula is C20H28N2O3. The topological polar surface area (TPSA) is 50.8 Å². The van der Waals surface area contributed by atoms with Crippen LogP contribution in [0, 0.1) is 5.92 Å². The quantitative estimate of drug-likeness (QED) is 0.794. The minimum absolute atomic E-state index is 0.0107. The van der Waals surface area contributed by atoms with Crippen molar-refractivity contribution in [3.8, 4) is 0 Å². The predicted octanol–water partition coefficient (Wildman–Crippen LogP) is 2.51. The average molecular weight is 344 g/mol. The van der Waals surface area contributed by atoms with Crippen molar-refractivity contribution in [3.63, 3.8) is 0 Å². The lowest BCUT2D eigenvalue weighted by Crippen LogP contribution is -2.50. The highest BCUT2D eigenvalue weighted by molar-refractivity contribution is 5.73. The Hall–Kier alpha value is -1.75. The summed E-state index contributed by atoms with van der Waals surface area (Å²) in [5, 5.41) is 3.54. The molecule has 2 bridgehead atoms. The van der Waals surface area contributed by atoms with E-state index >= 15 is 0 Å². The number of nitrogens with zero attached hydrogens (tertiary/aromatic N) is 1. The highest BCUT2D eigenvalue weighted by Crippen LogP contribution is 2.35. The molecule has 0 spiro atoms. The Morgan fingerprint density at radius 3 is 2.68 bits per heavy atom. The number of allylic oxidation sites excluding steroid dienone is 4. The predicted molar refractivity (Wildman–Crippen MR) is 95.7 cm³/mol. The molecule has 1 N–H and O–H groups in total. The van der Waals surface area contributed by atoms with Crippen molar-refractivity contribution in [2.24, 2.45) is 5.92 Å². The lowest BCUT2D eigenvalue weighted by Gasteiger charge is -2.39. The van der Waals surface area contributed by atoms with Gasteiger partial charge in [-0.05, 0) is 50.7 Å². The Kier molecular flexibility index (Phi) is 4.84. The molecule has 2 heterocycles. The van der Waals surface area contributed by atoms with E-state index in [0.717, 1.165) is 44.5 Å². The van der Waals surface area contributed by atoms with Gasteiger partial charge in [-0.15, -0.1) is 0 Å². The van der Waals surface area contributed by atoms with E-state index in [1.165, 1.54) is 25.6 Å². The van der Waals surface area contributed by atoms with Crippen molar-refractivity contribution in [2.45, 2.75) is 56.7 Å². The first kappa shape index (κ1) is 16.7. The number of ether oxygens (including phenoxy) is 2. The molecule has 1 saturated carbocycles. The average Bonchev–Trinajstić information content (AvgIpc) is 2.80. The molecule has 2 atom stereocenters. The van der Waals surface area contributed by atoms with Gasteiger partial charge in [0.2, 0.25) is 0 Å². The van der Waals surface area contributed by atoms with Gasteiger partial charge in [-0.3, -0.25) is 4.79 Å². The summed E-state index contributed by atoms with van der Waals surface area (Å²) in [5.74, 6) is 0.866. The second-order valence-corrected chi connectivity index (χ2v) is 7.54. The fourth-order valence-electron chi connectivity index (χ4n) is 4.43. The molecule has 2 unspecified atom stereocenters. The zero-order chi connectivity index (χ0) is 17.2. The van der Waals surface area contributed by atoms with E-state index in [4.69, 9.17) is 9.47 Å². The summed E-state index contributed by atoms with van der Waals surface area (Å²) >= 11 is 0. The van der Waals surface area contributed by atoms with Crippen LogP contribution in [0.25, 0.3) is 0 Å². The van der Waals surface area contributed by atoms with Crippen LogP contribution in [0.3, 0.4) is 0 Å². The molecule has 0 amide bonds. The smallest absolute Gasteiger partial charge is 0.308 e. The third kappa shape index (κ3) is 3.47. The van der Waals surface area contributed by atoms with Crippen LogP contribution in [0.15, 0.2) is 35.8 Å². The molecule has 136 valence electrons. The number of methoxy groups -OCH3 is 1. The van der Waals surface area contributed by atoms with Gasteiger partial charge in [0.25, 0.3) is 0 Å². The Labute approximate surface area is 149 Å². The van der Waals surface area contributed by atoms with Gasteiger partial charge in [-0.2, -0.15) is 0 Å². The monoisotopic (exact) mass is 344 g/mol. The van der Waals surface area contributed by atoms with Crippen molar-refractivity contribution in [2.75, 3.05) is 20.2 Å². The summed E-state index contributed by atoms with van der Waals surface area (Å²) in [6, 6.07) is 1.20. The molecule has 4 rings (SSSR count). The van der Waals surface area contributed by atoms with Crippen LogP contribution in [0.2, 0.25) is 0 Å². The summed E-state index contributed by atoms with van der Waals surface area (Å²) < 4.78 is 11.0. The summed E-state index contributed by atoms with van der Waals surface area (Å²) in [6.45, 7) is 2.15. The number of hydrogen-bond donors (Lipinski definition) is 1. The Balaban J connectivity index is 1.44. The van der Waals surface area contributed by atoms with E-state index in [1.54, 1.807) is 0 Å². The molecule has 25 heavy (non-hydrogen) atoms. The molecule has 5 nitrogen and oxygen atoms in total. The fourth-order valence-corrected chi connectivity index (χ4v) is 4.43. The van der Waals surface area contributed by atoms with Crippen LogP contribution in [-0.4, -0.2) is 49.3 Å². The number of piperazine rings is 1. The van der Waals surface area contributed by atoms with Gasteiger partial charge in [-0.25, -0.2) is 0 Å². The molecule has 2 aliphatic heterocycles. The molecular weight excluding hydrogens is 316 g/mol. The number of nitrogens with one attached hydrogen (secondary N) is 1. The summed E-state index contributed by atoms with van der Waals surface area (Å²) in [5.41, 5.74) is 1.28. The molecule has 3 fully saturated rings. The number of rotatable bonds is 4. The van der Waals surface area contributed by atoms with E-state index in [-0.39, 0.29) is 18.0 Å². The maximum atomic E-state index is 11.5. The summed E-state index contributed by atoms with van der Waals surface area (Å²) in [4.78, 5) is 14.1. The number of carbonyl (C=O) groups is 1. The van der Waals surface area contributed by atoms with Crippen molar-refractivity contribution >= 4 is 5.97 Å². The van der Waals surface area contributed by atoms with Crippen molar-refractivity contribution in [3.05, 3.63) is 35.8 Å². The van der Waals surface area contributed by atoms with Crippen molar-refractivity contribution < 1.29 is 14.3 Å². The van der Waals surface area contributed by atoms with Gasteiger partial charge in [0.15, 0.2) is 0 Å². The first-order chi connectivity index (χ1) is 12.2. The lowest BCUT2D eigenvalue weighted by atomic mass is 9.82. The molecule has 4 aliphatic rings. The Morgan fingerprint density at radius 2 is 1.96 bits per heavy atom. The molecule has 0 radical (unpaired) electrons. The third-order valence-corrected chi connectivity index (χ3v) is 5.87. The zero-order valence-corrected chi connectivity index (χ0v) is 14.9. The lowest BCUT2D eigenvalue weighted by molar-refractivity contribution is -0.153.